The van der Waals surface area contributed by atoms with E-state index in [9.17, 15) is 20.2 Å². The molecule has 5 rings (SSSR count). The molecule has 2 aliphatic heterocycles. The largest absolute Gasteiger partial charge is 0.422 e. The van der Waals surface area contributed by atoms with E-state index in [1.165, 1.54) is 18.2 Å². The van der Waals surface area contributed by atoms with Gasteiger partial charge in [-0.2, -0.15) is 5.26 Å². The number of para-hydroxylation sites is 1. The summed E-state index contributed by atoms with van der Waals surface area (Å²) in [6, 6.07) is 14.9. The zero-order chi connectivity index (χ0) is 21.9. The van der Waals surface area contributed by atoms with Crippen LogP contribution in [0.4, 0.5) is 11.4 Å². The van der Waals surface area contributed by atoms with Crippen LogP contribution in [0.1, 0.15) is 11.3 Å². The van der Waals surface area contributed by atoms with E-state index in [1.54, 1.807) is 28.8 Å². The van der Waals surface area contributed by atoms with Crippen molar-refractivity contribution in [3.05, 3.63) is 86.1 Å². The van der Waals surface area contributed by atoms with Gasteiger partial charge in [-0.3, -0.25) is 19.5 Å². The molecule has 152 valence electrons. The lowest BCUT2D eigenvalue weighted by Gasteiger charge is -2.32. The van der Waals surface area contributed by atoms with Gasteiger partial charge in [-0.05, 0) is 30.4 Å². The number of benzene rings is 2. The highest BCUT2D eigenvalue weighted by atomic mass is 32.1. The zero-order valence-electron chi connectivity index (χ0n) is 15.6. The third-order valence-corrected chi connectivity index (χ3v) is 5.67. The number of non-ortho nitro benzene ring substituents is 1. The summed E-state index contributed by atoms with van der Waals surface area (Å²) < 4.78 is 7.40. The summed E-state index contributed by atoms with van der Waals surface area (Å²) in [5.41, 5.74) is 5.18. The molecule has 0 bridgehead atoms. The normalized spacial score (nSPS) is 18.7. The highest BCUT2D eigenvalue weighted by Gasteiger charge is 2.59. The molecule has 1 aromatic heterocycles. The molecule has 1 spiro atoms. The fourth-order valence-electron chi connectivity index (χ4n) is 4.14. The van der Waals surface area contributed by atoms with Gasteiger partial charge in [-0.15, -0.1) is 0 Å². The number of nitrogens with two attached hydrogens (primary N) is 1. The average Bonchev–Trinajstić information content (AvgIpc) is 3.22. The van der Waals surface area contributed by atoms with Crippen LogP contribution in [0.2, 0.25) is 0 Å². The standard InChI is InChI=1S/C20H12N6O4S/c21-9-13-16(22)30-17-15(25(19(31)24-17)10-4-2-1-3-5-10)20(13)12-8-11(26(28)29)6-7-14(12)23-18(20)27/h1-8H,22H2,(H,23,27)(H,24,31)/t20-/m1/s1. The first-order valence-corrected chi connectivity index (χ1v) is 9.40. The molecule has 1 atom stereocenters. The number of aromatic amines is 1. The van der Waals surface area contributed by atoms with Gasteiger partial charge in [0.2, 0.25) is 17.7 Å². The Labute approximate surface area is 179 Å². The van der Waals surface area contributed by atoms with Crippen molar-refractivity contribution < 1.29 is 14.5 Å². The summed E-state index contributed by atoms with van der Waals surface area (Å²) in [6.45, 7) is 0. The van der Waals surface area contributed by atoms with E-state index < -0.39 is 16.2 Å². The Hall–Kier alpha value is -4.43. The number of carbonyl (C=O) groups excluding carboxylic acids is 1. The van der Waals surface area contributed by atoms with Crippen molar-refractivity contribution >= 4 is 29.5 Å². The summed E-state index contributed by atoms with van der Waals surface area (Å²) in [4.78, 5) is 27.3. The van der Waals surface area contributed by atoms with Crippen LogP contribution in [0.3, 0.4) is 0 Å². The molecule has 1 amide bonds. The van der Waals surface area contributed by atoms with Crippen molar-refractivity contribution in [2.45, 2.75) is 5.41 Å². The molecule has 0 saturated heterocycles. The molecule has 2 aromatic carbocycles. The number of anilines is 1. The molecule has 3 aromatic rings. The van der Waals surface area contributed by atoms with Gasteiger partial charge in [0.1, 0.15) is 17.3 Å². The van der Waals surface area contributed by atoms with Crippen LogP contribution < -0.4 is 15.8 Å². The minimum atomic E-state index is -1.79. The lowest BCUT2D eigenvalue weighted by Crippen LogP contribution is -2.43. The van der Waals surface area contributed by atoms with Crippen molar-refractivity contribution in [2.24, 2.45) is 5.73 Å². The molecule has 3 heterocycles. The maximum Gasteiger partial charge on any atom is 0.269 e. The number of carbonyl (C=O) groups is 1. The number of fused-ring (bicyclic) bond motifs is 4. The first-order chi connectivity index (χ1) is 14.9. The van der Waals surface area contributed by atoms with Crippen LogP contribution in [0.5, 0.6) is 5.88 Å². The van der Waals surface area contributed by atoms with E-state index in [-0.39, 0.29) is 39.1 Å². The number of nitro groups is 1. The van der Waals surface area contributed by atoms with E-state index >= 15 is 0 Å². The molecule has 0 radical (unpaired) electrons. The molecule has 4 N–H and O–H groups in total. The number of aromatic nitrogens is 2. The fourth-order valence-corrected chi connectivity index (χ4v) is 4.43. The number of H-pyrrole nitrogens is 1. The number of nitro benzene ring substituents is 1. The highest BCUT2D eigenvalue weighted by molar-refractivity contribution is 7.71. The van der Waals surface area contributed by atoms with Gasteiger partial charge in [-0.25, -0.2) is 0 Å². The van der Waals surface area contributed by atoms with Gasteiger partial charge in [-0.1, -0.05) is 18.2 Å². The van der Waals surface area contributed by atoms with E-state index in [2.05, 4.69) is 10.3 Å². The van der Waals surface area contributed by atoms with Crippen LogP contribution in [-0.2, 0) is 10.2 Å². The number of nitrogens with one attached hydrogen (secondary N) is 2. The van der Waals surface area contributed by atoms with Crippen LogP contribution in [0, 0.1) is 26.2 Å². The Kier molecular flexibility index (Phi) is 3.77. The van der Waals surface area contributed by atoms with Gasteiger partial charge < -0.3 is 20.8 Å². The average molecular weight is 432 g/mol. The molecular formula is C20H12N6O4S. The molecule has 0 unspecified atom stereocenters. The summed E-state index contributed by atoms with van der Waals surface area (Å²) in [5.74, 6) is -0.799. The number of hydrogen-bond acceptors (Lipinski definition) is 7. The second-order valence-electron chi connectivity index (χ2n) is 6.92. The van der Waals surface area contributed by atoms with Gasteiger partial charge in [0, 0.05) is 29.1 Å². The lowest BCUT2D eigenvalue weighted by atomic mass is 9.71. The zero-order valence-corrected chi connectivity index (χ0v) is 16.4. The smallest absolute Gasteiger partial charge is 0.269 e. The van der Waals surface area contributed by atoms with Crippen molar-refractivity contribution in [2.75, 3.05) is 5.32 Å². The number of imidazole rings is 1. The quantitative estimate of drug-likeness (QED) is 0.320. The van der Waals surface area contributed by atoms with Crippen LogP contribution in [-0.4, -0.2) is 20.4 Å². The number of nitriles is 1. The topological polar surface area (TPSA) is 152 Å². The molecule has 31 heavy (non-hydrogen) atoms. The number of hydrogen-bond donors (Lipinski definition) is 3. The SMILES string of the molecule is N#CC1=C(N)Oc2[nH]c(=S)n(-c3ccccc3)c2[C@]12C(=O)Nc1ccc([N+](=O)[O-])cc12. The third-order valence-electron chi connectivity index (χ3n) is 5.38. The second kappa shape index (κ2) is 6.28. The van der Waals surface area contributed by atoms with E-state index in [0.29, 0.717) is 11.4 Å². The Morgan fingerprint density at radius 1 is 1.26 bits per heavy atom. The van der Waals surface area contributed by atoms with Gasteiger partial charge in [0.25, 0.3) is 5.69 Å². The van der Waals surface area contributed by atoms with Crippen molar-refractivity contribution in [1.82, 2.24) is 9.55 Å². The van der Waals surface area contributed by atoms with Gasteiger partial charge in [0.05, 0.1) is 4.92 Å². The summed E-state index contributed by atoms with van der Waals surface area (Å²) in [5, 5.41) is 24.1. The van der Waals surface area contributed by atoms with Crippen LogP contribution in [0.15, 0.2) is 60.0 Å². The van der Waals surface area contributed by atoms with Crippen molar-refractivity contribution in [3.8, 4) is 17.6 Å². The Morgan fingerprint density at radius 3 is 2.68 bits per heavy atom. The molecule has 2 aliphatic rings. The minimum absolute atomic E-state index is 0.0832. The second-order valence-corrected chi connectivity index (χ2v) is 7.31. The maximum atomic E-state index is 13.5. The molecular weight excluding hydrogens is 420 g/mol. The van der Waals surface area contributed by atoms with Crippen molar-refractivity contribution in [1.29, 1.82) is 5.26 Å². The van der Waals surface area contributed by atoms with E-state index in [4.69, 9.17) is 22.7 Å². The van der Waals surface area contributed by atoms with Gasteiger partial charge >= 0.3 is 0 Å². The summed E-state index contributed by atoms with van der Waals surface area (Å²) >= 11 is 5.48. The fraction of sp³-hybridized carbons (Fsp3) is 0.0500. The number of nitrogens with zero attached hydrogens (tertiary/aromatic N) is 3. The van der Waals surface area contributed by atoms with E-state index in [0.717, 1.165) is 0 Å². The molecule has 11 heteroatoms. The number of ether oxygens (including phenoxy) is 1. The van der Waals surface area contributed by atoms with Gasteiger partial charge in [0.15, 0.2) is 10.2 Å². The number of amides is 1. The van der Waals surface area contributed by atoms with E-state index in [1.807, 2.05) is 12.1 Å². The van der Waals surface area contributed by atoms with Crippen LogP contribution >= 0.6 is 12.2 Å². The molecule has 0 saturated carbocycles. The Bertz CT molecular complexity index is 1430. The first-order valence-electron chi connectivity index (χ1n) is 8.99. The summed E-state index contributed by atoms with van der Waals surface area (Å²) in [6.07, 6.45) is 0. The van der Waals surface area contributed by atoms with Crippen LogP contribution in [0.25, 0.3) is 5.69 Å². The predicted octanol–water partition coefficient (Wildman–Crippen LogP) is 2.77. The monoisotopic (exact) mass is 432 g/mol. The number of rotatable bonds is 2. The molecule has 10 nitrogen and oxygen atoms in total. The predicted molar refractivity (Wildman–Crippen MR) is 111 cm³/mol. The minimum Gasteiger partial charge on any atom is -0.422 e. The molecule has 0 fully saturated rings. The third kappa shape index (κ3) is 2.30. The molecule has 0 aliphatic carbocycles. The summed E-state index contributed by atoms with van der Waals surface area (Å²) in [7, 11) is 0. The van der Waals surface area contributed by atoms with Crippen molar-refractivity contribution in [3.63, 3.8) is 0 Å². The lowest BCUT2D eigenvalue weighted by molar-refractivity contribution is -0.384. The highest BCUT2D eigenvalue weighted by Crippen LogP contribution is 2.54. The Balaban J connectivity index is 1.95. The first kappa shape index (κ1) is 18.6. The maximum absolute atomic E-state index is 13.5. The Morgan fingerprint density at radius 2 is 2.00 bits per heavy atom.